The van der Waals surface area contributed by atoms with E-state index < -0.39 is 39.4 Å². The number of nitrogens with zero attached hydrogens (tertiary/aromatic N) is 1. The van der Waals surface area contributed by atoms with Gasteiger partial charge in [0.25, 0.3) is 10.1 Å². The minimum atomic E-state index is -3.53. The van der Waals surface area contributed by atoms with Gasteiger partial charge in [0.2, 0.25) is 0 Å². The molecule has 0 saturated carbocycles. The Morgan fingerprint density at radius 3 is 1.22 bits per heavy atom. The van der Waals surface area contributed by atoms with Crippen LogP contribution in [0, 0.1) is 0 Å². The van der Waals surface area contributed by atoms with E-state index >= 15 is 0 Å². The minimum absolute atomic E-state index is 0.0602. The summed E-state index contributed by atoms with van der Waals surface area (Å²) < 4.78 is 94.5. The van der Waals surface area contributed by atoms with Crippen molar-refractivity contribution in [3.63, 3.8) is 0 Å². The number of rotatable bonds is 20. The number of nitrogens with one attached hydrogen (secondary N) is 2. The lowest BCUT2D eigenvalue weighted by Gasteiger charge is -2.25. The first kappa shape index (κ1) is 53.5. The third-order valence-corrected chi connectivity index (χ3v) is 11.8. The van der Waals surface area contributed by atoms with E-state index in [1.807, 2.05) is 6.92 Å². The molecule has 1 fully saturated rings. The molecule has 1 aliphatic rings. The average molecular weight is 797 g/mol. The molecule has 5 atom stereocenters. The largest absolute Gasteiger partial charge is 0.407 e. The van der Waals surface area contributed by atoms with Crippen LogP contribution in [-0.2, 0) is 55.1 Å². The fourth-order valence-electron chi connectivity index (χ4n) is 2.97. The zero-order valence-electron chi connectivity index (χ0n) is 32.0. The fourth-order valence-corrected chi connectivity index (χ4v) is 8.71. The third-order valence-electron chi connectivity index (χ3n) is 4.85. The molecule has 0 spiro atoms. The Hall–Kier alpha value is 0.120. The van der Waals surface area contributed by atoms with Crippen LogP contribution in [0.25, 0.3) is 0 Å². The van der Waals surface area contributed by atoms with Gasteiger partial charge in [-0.05, 0) is 83.1 Å². The van der Waals surface area contributed by atoms with Crippen molar-refractivity contribution in [2.45, 2.75) is 132 Å². The Morgan fingerprint density at radius 1 is 0.735 bits per heavy atom. The normalized spacial score (nSPS) is 18.6. The second kappa shape index (κ2) is 26.0. The van der Waals surface area contributed by atoms with Gasteiger partial charge in [-0.3, -0.25) is 31.3 Å². The van der Waals surface area contributed by atoms with Crippen LogP contribution in [0.1, 0.15) is 83.1 Å². The van der Waals surface area contributed by atoms with Gasteiger partial charge in [0.1, 0.15) is 0 Å². The lowest BCUT2D eigenvalue weighted by molar-refractivity contribution is 0.129. The second-order valence-corrected chi connectivity index (χ2v) is 19.5. The number of hydrogen-bond acceptors (Lipinski definition) is 15. The Kier molecular flexibility index (Phi) is 28.4. The van der Waals surface area contributed by atoms with Crippen molar-refractivity contribution < 1.29 is 63.7 Å². The molecule has 0 amide bonds. The molecule has 0 bridgehead atoms. The summed E-state index contributed by atoms with van der Waals surface area (Å²) in [5, 5.41) is 22.2. The number of aliphatic hydroxyl groups is 2. The Bertz CT molecular complexity index is 1080. The zero-order chi connectivity index (χ0) is 39.4. The van der Waals surface area contributed by atoms with Gasteiger partial charge in [-0.25, -0.2) is 28.5 Å². The van der Waals surface area contributed by atoms with Gasteiger partial charge < -0.3 is 15.9 Å². The zero-order valence-corrected chi connectivity index (χ0v) is 35.5. The van der Waals surface area contributed by atoms with Crippen molar-refractivity contribution in [2.24, 2.45) is 5.73 Å². The maximum Gasteiger partial charge on any atom is 0.407 e. The Balaban J connectivity index is -0.000000625. The molecule has 1 aliphatic heterocycles. The molecule has 0 aromatic carbocycles. The van der Waals surface area contributed by atoms with Gasteiger partial charge in [-0.2, -0.15) is 8.42 Å². The first-order valence-electron chi connectivity index (χ1n) is 15.9. The molecular weight excluding hydrogens is 729 g/mol. The Morgan fingerprint density at radius 2 is 1.04 bits per heavy atom. The lowest BCUT2D eigenvalue weighted by Crippen LogP contribution is -2.32. The number of aliphatic hydroxyl groups excluding tert-OH is 2. The van der Waals surface area contributed by atoms with Crippen molar-refractivity contribution in [1.82, 2.24) is 14.8 Å². The number of hydrogen-bond donors (Lipinski definition) is 5. The maximum absolute atomic E-state index is 12.4. The predicted octanol–water partition coefficient (Wildman–Crippen LogP) is 4.23. The van der Waals surface area contributed by atoms with Crippen LogP contribution in [0.5, 0.6) is 0 Å². The van der Waals surface area contributed by atoms with Crippen LogP contribution >= 0.6 is 23.2 Å². The van der Waals surface area contributed by atoms with Crippen molar-refractivity contribution >= 4 is 33.4 Å². The fraction of sp³-hybridized carbons (Fsp3) is 1.00. The average Bonchev–Trinajstić information content (AvgIpc) is 3.66. The van der Waals surface area contributed by atoms with Crippen molar-refractivity contribution in [1.29, 1.82) is 0 Å². The first-order valence-corrected chi connectivity index (χ1v) is 22.3. The summed E-state index contributed by atoms with van der Waals surface area (Å²) in [4.78, 5) is 0. The van der Waals surface area contributed by atoms with Gasteiger partial charge >= 0.3 is 23.2 Å². The summed E-state index contributed by atoms with van der Waals surface area (Å²) in [6.07, 6.45) is -0.0321. The predicted molar refractivity (Wildman–Crippen MR) is 192 cm³/mol. The SMILES string of the molecule is CC(CO)NP(=O)(OC(C)C)OC(C)C.CC(COS(C)(=O)=O)NP(=O)(OC(C)C)OC(C)C.CC(N)CO.COP(=O)(OC)N1CC1C. The van der Waals surface area contributed by atoms with Gasteiger partial charge in [0.15, 0.2) is 0 Å². The van der Waals surface area contributed by atoms with E-state index in [0.717, 1.165) is 12.8 Å². The van der Waals surface area contributed by atoms with Crippen molar-refractivity contribution in [2.75, 3.05) is 46.8 Å². The molecule has 0 aromatic heterocycles. The smallest absolute Gasteiger partial charge is 0.395 e. The van der Waals surface area contributed by atoms with E-state index in [4.69, 9.17) is 43.1 Å². The minimum Gasteiger partial charge on any atom is -0.395 e. The summed E-state index contributed by atoms with van der Waals surface area (Å²) in [6, 6.07) is -0.549. The quantitative estimate of drug-likeness (QED) is 0.0657. The molecule has 0 radical (unpaired) electrons. The van der Waals surface area contributed by atoms with Crippen LogP contribution in [0.2, 0.25) is 0 Å². The summed E-state index contributed by atoms with van der Waals surface area (Å²) in [6.45, 7) is 21.7. The molecule has 300 valence electrons. The van der Waals surface area contributed by atoms with Gasteiger partial charge in [-0.1, -0.05) is 0 Å². The summed E-state index contributed by atoms with van der Waals surface area (Å²) in [7, 11) is -10.4. The molecule has 49 heavy (non-hydrogen) atoms. The highest BCUT2D eigenvalue weighted by molar-refractivity contribution is 7.86. The standard InChI is InChI=1S/C10H24NO6PS.C9H22NO4P.C5H12NO3P.C3H9NO/c1-8(2)16-18(12,17-9(3)4)11-10(5)7-15-19(6,13)14;1-7(2)13-15(12,14-8(3)4)10-9(5)6-11;1-5-4-6(5)10(7,8-2)9-3;1-3(4)2-5/h8-10H,7H2,1-6H3,(H,11,12);7-9,11H,6H2,1-5H3,(H,10,12);5H,4H2,1-3H3;3,5H,2,4H2,1H3. The van der Waals surface area contributed by atoms with Crippen LogP contribution in [0.4, 0.5) is 0 Å². The second-order valence-electron chi connectivity index (χ2n) is 12.3. The van der Waals surface area contributed by atoms with Gasteiger partial charge in [-0.15, -0.1) is 0 Å². The molecule has 22 heteroatoms. The van der Waals surface area contributed by atoms with Crippen LogP contribution < -0.4 is 15.9 Å². The van der Waals surface area contributed by atoms with E-state index in [9.17, 15) is 22.1 Å². The Labute approximate surface area is 295 Å². The third kappa shape index (κ3) is 30.3. The highest BCUT2D eigenvalue weighted by atomic mass is 32.2. The molecule has 0 aromatic rings. The summed E-state index contributed by atoms with van der Waals surface area (Å²) >= 11 is 0. The van der Waals surface area contributed by atoms with Crippen molar-refractivity contribution in [3.8, 4) is 0 Å². The first-order chi connectivity index (χ1) is 22.1. The molecule has 5 unspecified atom stereocenters. The van der Waals surface area contributed by atoms with Crippen LogP contribution in [0.3, 0.4) is 0 Å². The monoisotopic (exact) mass is 796 g/mol. The summed E-state index contributed by atoms with van der Waals surface area (Å²) in [5.41, 5.74) is 5.04. The van der Waals surface area contributed by atoms with Crippen LogP contribution in [-0.4, -0.2) is 119 Å². The van der Waals surface area contributed by atoms with Gasteiger partial charge in [0, 0.05) is 44.9 Å². The maximum atomic E-state index is 12.4. The van der Waals surface area contributed by atoms with E-state index in [1.165, 1.54) is 14.2 Å². The van der Waals surface area contributed by atoms with E-state index in [0.29, 0.717) is 6.04 Å². The van der Waals surface area contributed by atoms with Crippen LogP contribution in [0.15, 0.2) is 0 Å². The molecule has 18 nitrogen and oxygen atoms in total. The highest BCUT2D eigenvalue weighted by Crippen LogP contribution is 2.57. The lowest BCUT2D eigenvalue weighted by atomic mass is 10.4. The van der Waals surface area contributed by atoms with E-state index in [2.05, 4.69) is 14.4 Å². The molecule has 6 N–H and O–H groups in total. The molecule has 0 aliphatic carbocycles. The molecule has 1 rings (SSSR count). The summed E-state index contributed by atoms with van der Waals surface area (Å²) in [5.74, 6) is 0. The molecule has 1 heterocycles. The topological polar surface area (TPSA) is 244 Å². The highest BCUT2D eigenvalue weighted by Gasteiger charge is 2.46. The number of nitrogens with two attached hydrogens (primary N) is 1. The van der Waals surface area contributed by atoms with E-state index in [-0.39, 0.29) is 56.3 Å². The molecule has 1 saturated heterocycles. The van der Waals surface area contributed by atoms with E-state index in [1.54, 1.807) is 80.8 Å². The van der Waals surface area contributed by atoms with Crippen molar-refractivity contribution in [3.05, 3.63) is 0 Å². The van der Waals surface area contributed by atoms with Gasteiger partial charge in [0.05, 0.1) is 50.5 Å². The molecular formula is C27H67N4O14P3S.